The predicted molar refractivity (Wildman–Crippen MR) is 93.2 cm³/mol. The average molecular weight is 347 g/mol. The average Bonchev–Trinajstić information content (AvgIpc) is 2.85. The van der Waals surface area contributed by atoms with Crippen molar-refractivity contribution < 1.29 is 19.1 Å². The van der Waals surface area contributed by atoms with Crippen molar-refractivity contribution in [3.63, 3.8) is 0 Å². The lowest BCUT2D eigenvalue weighted by Gasteiger charge is -2.35. The summed E-state index contributed by atoms with van der Waals surface area (Å²) in [5.74, 6) is 1.27. The van der Waals surface area contributed by atoms with Crippen molar-refractivity contribution in [1.82, 2.24) is 15.1 Å². The van der Waals surface area contributed by atoms with Crippen molar-refractivity contribution in [2.75, 3.05) is 39.4 Å². The zero-order chi connectivity index (χ0) is 17.8. The van der Waals surface area contributed by atoms with Gasteiger partial charge in [0.1, 0.15) is 0 Å². The summed E-state index contributed by atoms with van der Waals surface area (Å²) in [6, 6.07) is 5.35. The van der Waals surface area contributed by atoms with Gasteiger partial charge < -0.3 is 24.6 Å². The maximum atomic E-state index is 12.7. The molecule has 1 N–H and O–H groups in total. The topological polar surface area (TPSA) is 71.1 Å². The maximum absolute atomic E-state index is 12.7. The summed E-state index contributed by atoms with van der Waals surface area (Å²) in [6.07, 6.45) is 0.832. The summed E-state index contributed by atoms with van der Waals surface area (Å²) in [6.45, 7) is 7.21. The van der Waals surface area contributed by atoms with Gasteiger partial charge in [-0.3, -0.25) is 4.79 Å². The van der Waals surface area contributed by atoms with Gasteiger partial charge >= 0.3 is 6.03 Å². The first kappa shape index (κ1) is 17.4. The molecule has 3 amide bonds. The van der Waals surface area contributed by atoms with Crippen LogP contribution in [0.4, 0.5) is 4.79 Å². The summed E-state index contributed by atoms with van der Waals surface area (Å²) in [5, 5.41) is 2.88. The third-order valence-corrected chi connectivity index (χ3v) is 4.26. The van der Waals surface area contributed by atoms with Gasteiger partial charge in [0, 0.05) is 44.2 Å². The number of nitrogens with zero attached hydrogens (tertiary/aromatic N) is 2. The first-order chi connectivity index (χ1) is 12.0. The number of nitrogens with one attached hydrogen (secondary N) is 1. The summed E-state index contributed by atoms with van der Waals surface area (Å²) in [7, 11) is 0. The smallest absolute Gasteiger partial charge is 0.317 e. The Bertz CT molecular complexity index is 639. The van der Waals surface area contributed by atoms with E-state index in [1.807, 2.05) is 13.8 Å². The van der Waals surface area contributed by atoms with Crippen molar-refractivity contribution >= 4 is 11.9 Å². The van der Waals surface area contributed by atoms with Crippen LogP contribution >= 0.6 is 0 Å². The van der Waals surface area contributed by atoms with E-state index in [0.717, 1.165) is 6.42 Å². The molecule has 0 bridgehead atoms. The van der Waals surface area contributed by atoms with Gasteiger partial charge in [-0.1, -0.05) is 0 Å². The fraction of sp³-hybridized carbons (Fsp3) is 0.556. The van der Waals surface area contributed by atoms with Gasteiger partial charge in [0.05, 0.1) is 13.2 Å². The van der Waals surface area contributed by atoms with Crippen LogP contribution < -0.4 is 14.8 Å². The maximum Gasteiger partial charge on any atom is 0.317 e. The molecule has 1 aromatic rings. The van der Waals surface area contributed by atoms with Crippen LogP contribution in [-0.2, 0) is 0 Å². The molecule has 2 heterocycles. The molecule has 136 valence electrons. The molecular formula is C18H25N3O4. The standard InChI is InChI=1S/C18H25N3O4/c1-13(2)19-18(23)21-8-6-20(7-9-21)17(22)14-4-5-15-16(12-14)25-11-3-10-24-15/h4-5,12-13H,3,6-11H2,1-2H3,(H,19,23). The Morgan fingerprint density at radius 2 is 1.64 bits per heavy atom. The predicted octanol–water partition coefficient (Wildman–Crippen LogP) is 1.72. The molecule has 0 saturated carbocycles. The summed E-state index contributed by atoms with van der Waals surface area (Å²) in [4.78, 5) is 28.3. The SMILES string of the molecule is CC(C)NC(=O)N1CCN(C(=O)c2ccc3c(c2)OCCCO3)CC1. The summed E-state index contributed by atoms with van der Waals surface area (Å²) in [5.41, 5.74) is 0.587. The van der Waals surface area contributed by atoms with Gasteiger partial charge in [0.15, 0.2) is 11.5 Å². The number of carbonyl (C=O) groups is 2. The fourth-order valence-electron chi connectivity index (χ4n) is 2.93. The molecule has 7 nitrogen and oxygen atoms in total. The monoisotopic (exact) mass is 347 g/mol. The number of ether oxygens (including phenoxy) is 2. The quantitative estimate of drug-likeness (QED) is 0.884. The van der Waals surface area contributed by atoms with E-state index in [-0.39, 0.29) is 18.0 Å². The third kappa shape index (κ3) is 4.15. The normalized spacial score (nSPS) is 17.2. The highest BCUT2D eigenvalue weighted by molar-refractivity contribution is 5.95. The van der Waals surface area contributed by atoms with Crippen molar-refractivity contribution in [2.45, 2.75) is 26.3 Å². The molecule has 25 heavy (non-hydrogen) atoms. The van der Waals surface area contributed by atoms with Crippen LogP contribution in [0.25, 0.3) is 0 Å². The van der Waals surface area contributed by atoms with Gasteiger partial charge in [-0.05, 0) is 32.0 Å². The molecule has 0 radical (unpaired) electrons. The van der Waals surface area contributed by atoms with Crippen LogP contribution in [0.1, 0.15) is 30.6 Å². The second-order valence-corrected chi connectivity index (χ2v) is 6.60. The number of hydrogen-bond donors (Lipinski definition) is 1. The van der Waals surface area contributed by atoms with Crippen LogP contribution in [0, 0.1) is 0 Å². The minimum atomic E-state index is -0.0716. The van der Waals surface area contributed by atoms with Gasteiger partial charge in [-0.15, -0.1) is 0 Å². The molecule has 1 fully saturated rings. The van der Waals surface area contributed by atoms with Crippen LogP contribution in [0.3, 0.4) is 0 Å². The highest BCUT2D eigenvalue weighted by Gasteiger charge is 2.26. The second kappa shape index (κ2) is 7.63. The van der Waals surface area contributed by atoms with Gasteiger partial charge in [-0.25, -0.2) is 4.79 Å². The van der Waals surface area contributed by atoms with E-state index in [2.05, 4.69) is 5.32 Å². The summed E-state index contributed by atoms with van der Waals surface area (Å²) >= 11 is 0. The van der Waals surface area contributed by atoms with Crippen LogP contribution in [0.15, 0.2) is 18.2 Å². The van der Waals surface area contributed by atoms with Crippen LogP contribution in [0.5, 0.6) is 11.5 Å². The molecule has 2 aliphatic heterocycles. The lowest BCUT2D eigenvalue weighted by molar-refractivity contribution is 0.0663. The van der Waals surface area contributed by atoms with Crippen LogP contribution in [-0.4, -0.2) is 67.2 Å². The first-order valence-corrected chi connectivity index (χ1v) is 8.79. The highest BCUT2D eigenvalue weighted by atomic mass is 16.5. The summed E-state index contributed by atoms with van der Waals surface area (Å²) < 4.78 is 11.3. The molecule has 1 saturated heterocycles. The van der Waals surface area contributed by atoms with E-state index in [0.29, 0.717) is 56.5 Å². The fourth-order valence-corrected chi connectivity index (χ4v) is 2.93. The largest absolute Gasteiger partial charge is 0.490 e. The van der Waals surface area contributed by atoms with Crippen LogP contribution in [0.2, 0.25) is 0 Å². The molecule has 0 spiro atoms. The van der Waals surface area contributed by atoms with Crippen molar-refractivity contribution in [2.24, 2.45) is 0 Å². The third-order valence-electron chi connectivity index (χ3n) is 4.26. The first-order valence-electron chi connectivity index (χ1n) is 8.79. The van der Waals surface area contributed by atoms with E-state index >= 15 is 0 Å². The van der Waals surface area contributed by atoms with E-state index < -0.39 is 0 Å². The molecule has 0 aromatic heterocycles. The van der Waals surface area contributed by atoms with Crippen molar-refractivity contribution in [3.05, 3.63) is 23.8 Å². The number of rotatable bonds is 2. The molecule has 2 aliphatic rings. The van der Waals surface area contributed by atoms with E-state index in [9.17, 15) is 9.59 Å². The Balaban J connectivity index is 1.61. The lowest BCUT2D eigenvalue weighted by Crippen LogP contribution is -2.54. The number of benzene rings is 1. The Hall–Kier alpha value is -2.44. The molecule has 3 rings (SSSR count). The molecular weight excluding hydrogens is 322 g/mol. The number of fused-ring (bicyclic) bond motifs is 1. The lowest BCUT2D eigenvalue weighted by atomic mass is 10.1. The Labute approximate surface area is 147 Å². The molecule has 0 atom stereocenters. The van der Waals surface area contributed by atoms with E-state index in [1.165, 1.54) is 0 Å². The zero-order valence-corrected chi connectivity index (χ0v) is 14.8. The van der Waals surface area contributed by atoms with Gasteiger partial charge in [0.25, 0.3) is 5.91 Å². The Morgan fingerprint density at radius 3 is 2.32 bits per heavy atom. The van der Waals surface area contributed by atoms with Gasteiger partial charge in [-0.2, -0.15) is 0 Å². The minimum absolute atomic E-state index is 0.0421. The number of amides is 3. The highest BCUT2D eigenvalue weighted by Crippen LogP contribution is 2.30. The molecule has 7 heteroatoms. The van der Waals surface area contributed by atoms with Gasteiger partial charge in [0.2, 0.25) is 0 Å². The zero-order valence-electron chi connectivity index (χ0n) is 14.8. The van der Waals surface area contributed by atoms with E-state index in [1.54, 1.807) is 28.0 Å². The number of carbonyl (C=O) groups excluding carboxylic acids is 2. The molecule has 0 aliphatic carbocycles. The number of urea groups is 1. The Morgan fingerprint density at radius 1 is 1.00 bits per heavy atom. The van der Waals surface area contributed by atoms with Crippen molar-refractivity contribution in [1.29, 1.82) is 0 Å². The second-order valence-electron chi connectivity index (χ2n) is 6.60. The minimum Gasteiger partial charge on any atom is -0.490 e. The van der Waals surface area contributed by atoms with Crippen molar-refractivity contribution in [3.8, 4) is 11.5 Å². The number of piperazine rings is 1. The number of hydrogen-bond acceptors (Lipinski definition) is 4. The van der Waals surface area contributed by atoms with E-state index in [4.69, 9.17) is 9.47 Å². The molecule has 1 aromatic carbocycles. The Kier molecular flexibility index (Phi) is 5.31. The molecule has 0 unspecified atom stereocenters.